The monoisotopic (exact) mass is 365 g/mol. The molecule has 0 amide bonds. The number of rotatable bonds is 2. The van der Waals surface area contributed by atoms with Crippen molar-refractivity contribution in [2.75, 3.05) is 11.9 Å². The molecule has 3 nitrogen and oxygen atoms in total. The zero-order chi connectivity index (χ0) is 14.4. The lowest BCUT2D eigenvalue weighted by molar-refractivity contribution is 0.289. The molecule has 1 aliphatic heterocycles. The molecule has 0 unspecified atom stereocenters. The van der Waals surface area contributed by atoms with E-state index in [0.29, 0.717) is 0 Å². The maximum Gasteiger partial charge on any atom is 0.139 e. The summed E-state index contributed by atoms with van der Waals surface area (Å²) in [7, 11) is 0. The maximum absolute atomic E-state index is 6.48. The van der Waals surface area contributed by atoms with Gasteiger partial charge in [0.05, 0.1) is 10.2 Å². The summed E-state index contributed by atoms with van der Waals surface area (Å²) in [6.07, 6.45) is 4.59. The van der Waals surface area contributed by atoms with Crippen molar-refractivity contribution in [3.05, 3.63) is 45.0 Å². The lowest BCUT2D eigenvalue weighted by Crippen LogP contribution is -2.36. The average molecular weight is 367 g/mol. The zero-order valence-corrected chi connectivity index (χ0v) is 14.0. The predicted octanol–water partition coefficient (Wildman–Crippen LogP) is 4.58. The number of hydrogen-bond donors (Lipinski definition) is 1. The van der Waals surface area contributed by atoms with Gasteiger partial charge in [-0.1, -0.05) is 36.2 Å². The summed E-state index contributed by atoms with van der Waals surface area (Å²) < 4.78 is 3.21. The Hall–Kier alpha value is -1.000. The van der Waals surface area contributed by atoms with Crippen LogP contribution in [0.15, 0.2) is 28.7 Å². The molecule has 5 heteroatoms. The number of nitrogens with one attached hydrogen (secondary N) is 1. The zero-order valence-electron chi connectivity index (χ0n) is 11.7. The molecule has 21 heavy (non-hydrogen) atoms. The number of anilines is 1. The lowest BCUT2D eigenvalue weighted by Gasteiger charge is -2.42. The van der Waals surface area contributed by atoms with E-state index < -0.39 is 0 Å². The Balaban J connectivity index is 1.87. The standard InChI is InChI=1S/C16H17BrClN3/c17-13-14(20-21-10-4-9-19-15(13)21)16(7-3-8-16)11-5-1-2-6-12(11)18/h1-2,5-6,19H,3-4,7-10H2. The van der Waals surface area contributed by atoms with Crippen LogP contribution < -0.4 is 5.32 Å². The molecule has 2 aliphatic rings. The topological polar surface area (TPSA) is 29.9 Å². The second kappa shape index (κ2) is 5.03. The van der Waals surface area contributed by atoms with Gasteiger partial charge in [-0.2, -0.15) is 5.10 Å². The second-order valence-electron chi connectivity index (χ2n) is 5.93. The van der Waals surface area contributed by atoms with Crippen LogP contribution in [0.25, 0.3) is 0 Å². The minimum absolute atomic E-state index is 0.0246. The van der Waals surface area contributed by atoms with Crippen LogP contribution in [0.4, 0.5) is 5.82 Å². The van der Waals surface area contributed by atoms with Crippen LogP contribution in [-0.2, 0) is 12.0 Å². The van der Waals surface area contributed by atoms with E-state index in [9.17, 15) is 0 Å². The molecule has 0 saturated heterocycles. The van der Waals surface area contributed by atoms with E-state index >= 15 is 0 Å². The smallest absolute Gasteiger partial charge is 0.139 e. The molecule has 1 fully saturated rings. The van der Waals surface area contributed by atoms with Gasteiger partial charge in [-0.15, -0.1) is 0 Å². The third kappa shape index (κ3) is 1.95. The van der Waals surface area contributed by atoms with Crippen LogP contribution in [0.2, 0.25) is 5.02 Å². The fourth-order valence-corrected chi connectivity index (χ4v) is 4.65. The van der Waals surface area contributed by atoms with Gasteiger partial charge in [-0.05, 0) is 46.8 Å². The van der Waals surface area contributed by atoms with Gasteiger partial charge in [0.1, 0.15) is 5.82 Å². The Labute approximate surface area is 137 Å². The number of nitrogens with zero attached hydrogens (tertiary/aromatic N) is 2. The molecule has 1 aromatic carbocycles. The van der Waals surface area contributed by atoms with E-state index in [1.165, 1.54) is 12.0 Å². The summed E-state index contributed by atoms with van der Waals surface area (Å²) in [5.74, 6) is 1.12. The number of hydrogen-bond acceptors (Lipinski definition) is 2. The summed E-state index contributed by atoms with van der Waals surface area (Å²) in [6.45, 7) is 2.00. The van der Waals surface area contributed by atoms with Crippen molar-refractivity contribution >= 4 is 33.3 Å². The fraction of sp³-hybridized carbons (Fsp3) is 0.438. The van der Waals surface area contributed by atoms with E-state index in [1.807, 2.05) is 12.1 Å². The van der Waals surface area contributed by atoms with E-state index in [-0.39, 0.29) is 5.41 Å². The van der Waals surface area contributed by atoms with Crippen LogP contribution in [0.3, 0.4) is 0 Å². The SMILES string of the molecule is Clc1ccccc1C1(c2nn3c(c2Br)NCCC3)CCC1. The Morgan fingerprint density at radius 2 is 2.05 bits per heavy atom. The molecule has 1 saturated carbocycles. The molecule has 0 radical (unpaired) electrons. The highest BCUT2D eigenvalue weighted by Crippen LogP contribution is 2.53. The highest BCUT2D eigenvalue weighted by atomic mass is 79.9. The molecule has 0 spiro atoms. The molecule has 1 aromatic heterocycles. The minimum Gasteiger partial charge on any atom is -0.369 e. The second-order valence-corrected chi connectivity index (χ2v) is 7.13. The predicted molar refractivity (Wildman–Crippen MR) is 89.1 cm³/mol. The van der Waals surface area contributed by atoms with Gasteiger partial charge < -0.3 is 5.32 Å². The number of benzene rings is 1. The fourth-order valence-electron chi connectivity index (χ4n) is 3.53. The van der Waals surface area contributed by atoms with Crippen LogP contribution in [0, 0.1) is 0 Å². The van der Waals surface area contributed by atoms with Gasteiger partial charge in [0.25, 0.3) is 0 Å². The van der Waals surface area contributed by atoms with Crippen molar-refractivity contribution in [2.45, 2.75) is 37.6 Å². The molecule has 0 atom stereocenters. The molecule has 0 bridgehead atoms. The van der Waals surface area contributed by atoms with E-state index in [0.717, 1.165) is 53.4 Å². The Kier molecular flexibility index (Phi) is 3.27. The first kappa shape index (κ1) is 13.6. The largest absolute Gasteiger partial charge is 0.369 e. The van der Waals surface area contributed by atoms with E-state index in [1.54, 1.807) is 0 Å². The quantitative estimate of drug-likeness (QED) is 0.843. The number of fused-ring (bicyclic) bond motifs is 1. The van der Waals surface area contributed by atoms with Crippen molar-refractivity contribution in [3.8, 4) is 0 Å². The Bertz CT molecular complexity index is 691. The normalized spacial score (nSPS) is 19.5. The summed E-state index contributed by atoms with van der Waals surface area (Å²) in [6, 6.07) is 8.20. The number of aryl methyl sites for hydroxylation is 1. The van der Waals surface area contributed by atoms with Crippen LogP contribution in [0.5, 0.6) is 0 Å². The van der Waals surface area contributed by atoms with Crippen molar-refractivity contribution in [1.29, 1.82) is 0 Å². The van der Waals surface area contributed by atoms with Gasteiger partial charge in [0.15, 0.2) is 0 Å². The first-order valence-electron chi connectivity index (χ1n) is 7.48. The van der Waals surface area contributed by atoms with Crippen LogP contribution in [0.1, 0.15) is 36.9 Å². The van der Waals surface area contributed by atoms with E-state index in [2.05, 4.69) is 38.1 Å². The highest BCUT2D eigenvalue weighted by Gasteiger charge is 2.46. The Morgan fingerprint density at radius 1 is 1.24 bits per heavy atom. The maximum atomic E-state index is 6.48. The molecular weight excluding hydrogens is 350 g/mol. The van der Waals surface area contributed by atoms with E-state index in [4.69, 9.17) is 16.7 Å². The highest BCUT2D eigenvalue weighted by molar-refractivity contribution is 9.10. The summed E-state index contributed by atoms with van der Waals surface area (Å²) in [5.41, 5.74) is 2.34. The number of halogens is 2. The van der Waals surface area contributed by atoms with Crippen molar-refractivity contribution < 1.29 is 0 Å². The third-order valence-corrected chi connectivity index (χ3v) is 5.86. The van der Waals surface area contributed by atoms with Gasteiger partial charge in [-0.25, -0.2) is 4.68 Å². The van der Waals surface area contributed by atoms with Crippen LogP contribution >= 0.6 is 27.5 Å². The molecule has 1 N–H and O–H groups in total. The van der Waals surface area contributed by atoms with Gasteiger partial charge in [0, 0.05) is 23.5 Å². The summed E-state index contributed by atoms with van der Waals surface area (Å²) in [4.78, 5) is 0. The minimum atomic E-state index is -0.0246. The van der Waals surface area contributed by atoms with Crippen molar-refractivity contribution in [1.82, 2.24) is 9.78 Å². The summed E-state index contributed by atoms with van der Waals surface area (Å²) >= 11 is 10.3. The van der Waals surface area contributed by atoms with Gasteiger partial charge in [0.2, 0.25) is 0 Å². The molecule has 2 aromatic rings. The first-order chi connectivity index (χ1) is 10.2. The van der Waals surface area contributed by atoms with Gasteiger partial charge >= 0.3 is 0 Å². The molecule has 4 rings (SSSR count). The number of aromatic nitrogens is 2. The van der Waals surface area contributed by atoms with Crippen molar-refractivity contribution in [3.63, 3.8) is 0 Å². The summed E-state index contributed by atoms with van der Waals surface area (Å²) in [5, 5.41) is 9.22. The van der Waals surface area contributed by atoms with Gasteiger partial charge in [-0.3, -0.25) is 0 Å². The van der Waals surface area contributed by atoms with Crippen molar-refractivity contribution in [2.24, 2.45) is 0 Å². The average Bonchev–Trinajstić information content (AvgIpc) is 2.78. The molecule has 110 valence electrons. The molecule has 1 aliphatic carbocycles. The Morgan fingerprint density at radius 3 is 2.71 bits per heavy atom. The molecular formula is C16H17BrClN3. The third-order valence-electron chi connectivity index (χ3n) is 4.78. The molecule has 2 heterocycles. The lowest BCUT2D eigenvalue weighted by atomic mass is 9.62. The van der Waals surface area contributed by atoms with Crippen LogP contribution in [-0.4, -0.2) is 16.3 Å². The first-order valence-corrected chi connectivity index (χ1v) is 8.65.